The number of rotatable bonds is 8. The van der Waals surface area contributed by atoms with Crippen molar-refractivity contribution >= 4 is 12.3 Å². The minimum Gasteiger partial charge on any atom is -0.434 e. The molecule has 0 N–H and O–H groups in total. The van der Waals surface area contributed by atoms with Crippen molar-refractivity contribution in [2.75, 3.05) is 26.4 Å². The molecule has 2 rings (SSSR count). The summed E-state index contributed by atoms with van der Waals surface area (Å²) in [7, 11) is 0. The molecule has 0 saturated carbocycles. The molecular weight excluding hydrogens is 380 g/mol. The Labute approximate surface area is 178 Å². The van der Waals surface area contributed by atoms with Gasteiger partial charge < -0.3 is 28.4 Å². The zero-order valence-corrected chi connectivity index (χ0v) is 15.5. The monoisotopic (exact) mass is 426 g/mol. The second kappa shape index (κ2) is 19.8. The second-order valence-corrected chi connectivity index (χ2v) is 6.03. The van der Waals surface area contributed by atoms with Gasteiger partial charge in [-0.05, 0) is 26.7 Å². The van der Waals surface area contributed by atoms with Crippen LogP contribution in [0.15, 0.2) is 0 Å². The SMILES string of the molecule is C.C.C.C.CCC(C)OCC1CCOC(=O)O1.CCC(C)OCC1COC(=O)O1. The first kappa shape index (κ1) is 34.9. The lowest BCUT2D eigenvalue weighted by atomic mass is 10.2. The van der Waals surface area contributed by atoms with E-state index in [0.717, 1.165) is 19.3 Å². The molecule has 178 valence electrons. The number of hydrogen-bond acceptors (Lipinski definition) is 8. The maximum absolute atomic E-state index is 10.7. The molecule has 0 aromatic carbocycles. The van der Waals surface area contributed by atoms with Crippen LogP contribution in [0.4, 0.5) is 9.59 Å². The van der Waals surface area contributed by atoms with E-state index >= 15 is 0 Å². The number of carbonyl (C=O) groups excluding carboxylic acids is 2. The maximum Gasteiger partial charge on any atom is 0.508 e. The summed E-state index contributed by atoms with van der Waals surface area (Å²) in [5.74, 6) is 0. The molecule has 0 amide bonds. The minimum absolute atomic E-state index is 0. The van der Waals surface area contributed by atoms with E-state index in [4.69, 9.17) is 18.9 Å². The molecule has 4 unspecified atom stereocenters. The van der Waals surface area contributed by atoms with Crippen molar-refractivity contribution in [2.45, 2.75) is 101 Å². The molecule has 2 saturated heterocycles. The molecule has 0 bridgehead atoms. The Morgan fingerprint density at radius 2 is 1.28 bits per heavy atom. The highest BCUT2D eigenvalue weighted by Crippen LogP contribution is 2.10. The first-order valence-electron chi connectivity index (χ1n) is 8.84. The summed E-state index contributed by atoms with van der Waals surface area (Å²) in [6.45, 7) is 9.74. The minimum atomic E-state index is -0.590. The van der Waals surface area contributed by atoms with E-state index in [2.05, 4.69) is 16.4 Å². The normalized spacial score (nSPS) is 21.4. The molecule has 8 heteroatoms. The predicted octanol–water partition coefficient (Wildman–Crippen LogP) is 5.61. The molecule has 0 aliphatic carbocycles. The molecule has 2 fully saturated rings. The summed E-state index contributed by atoms with van der Waals surface area (Å²) < 4.78 is 29.7. The first-order valence-corrected chi connectivity index (χ1v) is 8.84. The fourth-order valence-electron chi connectivity index (χ4n) is 1.85. The van der Waals surface area contributed by atoms with Crippen LogP contribution in [-0.2, 0) is 28.4 Å². The maximum atomic E-state index is 10.7. The van der Waals surface area contributed by atoms with Crippen LogP contribution in [0.1, 0.15) is 76.7 Å². The second-order valence-electron chi connectivity index (χ2n) is 6.03. The quantitative estimate of drug-likeness (QED) is 0.463. The average molecular weight is 427 g/mol. The van der Waals surface area contributed by atoms with E-state index in [1.165, 1.54) is 0 Å². The predicted molar refractivity (Wildman–Crippen MR) is 115 cm³/mol. The highest BCUT2D eigenvalue weighted by atomic mass is 16.8. The van der Waals surface area contributed by atoms with Gasteiger partial charge in [0.1, 0.15) is 12.7 Å². The van der Waals surface area contributed by atoms with Crippen molar-refractivity contribution < 1.29 is 38.0 Å². The molecule has 29 heavy (non-hydrogen) atoms. The van der Waals surface area contributed by atoms with Gasteiger partial charge in [0.15, 0.2) is 6.10 Å². The van der Waals surface area contributed by atoms with Gasteiger partial charge in [-0.2, -0.15) is 0 Å². The topological polar surface area (TPSA) is 89.5 Å². The highest BCUT2D eigenvalue weighted by molar-refractivity contribution is 5.61. The standard InChI is InChI=1S/C9H16O4.C8H14O4.4CH4/c1-3-7(2)12-6-8-4-5-11-9(10)13-8;1-3-6(2)10-4-7-5-11-8(9)12-7;;;;/h7-8H,3-6H2,1-2H3;6-7H,3-5H2,1-2H3;4*1H4. The lowest BCUT2D eigenvalue weighted by molar-refractivity contribution is -0.0682. The van der Waals surface area contributed by atoms with Gasteiger partial charge >= 0.3 is 12.3 Å². The third-order valence-electron chi connectivity index (χ3n) is 3.86. The first-order chi connectivity index (χ1) is 11.9. The fourth-order valence-corrected chi connectivity index (χ4v) is 1.85. The molecule has 0 aromatic heterocycles. The number of carbonyl (C=O) groups is 2. The number of hydrogen-bond donors (Lipinski definition) is 0. The average Bonchev–Trinajstić information content (AvgIpc) is 3.03. The van der Waals surface area contributed by atoms with Gasteiger partial charge in [-0.1, -0.05) is 43.6 Å². The van der Waals surface area contributed by atoms with Crippen LogP contribution in [0, 0.1) is 0 Å². The molecule has 8 nitrogen and oxygen atoms in total. The lowest BCUT2D eigenvalue weighted by Crippen LogP contribution is -2.32. The van der Waals surface area contributed by atoms with Crippen LogP contribution < -0.4 is 0 Å². The van der Waals surface area contributed by atoms with Crippen LogP contribution in [0.25, 0.3) is 0 Å². The van der Waals surface area contributed by atoms with E-state index in [0.29, 0.717) is 26.4 Å². The molecule has 0 aromatic rings. The van der Waals surface area contributed by atoms with Gasteiger partial charge in [-0.25, -0.2) is 9.59 Å². The van der Waals surface area contributed by atoms with Crippen molar-refractivity contribution in [2.24, 2.45) is 0 Å². The Balaban J connectivity index is -0.000000190. The smallest absolute Gasteiger partial charge is 0.434 e. The number of ether oxygens (including phenoxy) is 6. The highest BCUT2D eigenvalue weighted by Gasteiger charge is 2.25. The third kappa shape index (κ3) is 16.0. The summed E-state index contributed by atoms with van der Waals surface area (Å²) in [5, 5.41) is 0. The summed E-state index contributed by atoms with van der Waals surface area (Å²) in [6.07, 6.45) is 1.57. The molecule has 0 spiro atoms. The van der Waals surface area contributed by atoms with E-state index in [-0.39, 0.29) is 54.1 Å². The summed E-state index contributed by atoms with van der Waals surface area (Å²) >= 11 is 0. The molecule has 2 aliphatic heterocycles. The van der Waals surface area contributed by atoms with Crippen LogP contribution in [-0.4, -0.2) is 63.2 Å². The molecular formula is C21H46O8. The Morgan fingerprint density at radius 3 is 1.69 bits per heavy atom. The Hall–Kier alpha value is -1.54. The van der Waals surface area contributed by atoms with Crippen LogP contribution in [0.3, 0.4) is 0 Å². The molecule has 0 radical (unpaired) electrons. The molecule has 2 heterocycles. The Morgan fingerprint density at radius 1 is 0.828 bits per heavy atom. The van der Waals surface area contributed by atoms with Gasteiger partial charge in [-0.3, -0.25) is 0 Å². The van der Waals surface area contributed by atoms with Crippen molar-refractivity contribution in [3.8, 4) is 0 Å². The summed E-state index contributed by atoms with van der Waals surface area (Å²) in [4.78, 5) is 21.2. The molecule has 4 atom stereocenters. The van der Waals surface area contributed by atoms with Gasteiger partial charge in [0.05, 0.1) is 32.0 Å². The van der Waals surface area contributed by atoms with Crippen LogP contribution in [0.2, 0.25) is 0 Å². The van der Waals surface area contributed by atoms with Crippen molar-refractivity contribution in [1.29, 1.82) is 0 Å². The van der Waals surface area contributed by atoms with E-state index in [9.17, 15) is 9.59 Å². The number of cyclic esters (lactones) is 4. The van der Waals surface area contributed by atoms with E-state index < -0.39 is 12.3 Å². The van der Waals surface area contributed by atoms with Crippen molar-refractivity contribution in [1.82, 2.24) is 0 Å². The summed E-state index contributed by atoms with van der Waals surface area (Å²) in [5.41, 5.74) is 0. The summed E-state index contributed by atoms with van der Waals surface area (Å²) in [6, 6.07) is 0. The lowest BCUT2D eigenvalue weighted by Gasteiger charge is -2.23. The molecule has 2 aliphatic rings. The van der Waals surface area contributed by atoms with Gasteiger partial charge in [-0.15, -0.1) is 0 Å². The van der Waals surface area contributed by atoms with Crippen LogP contribution >= 0.6 is 0 Å². The van der Waals surface area contributed by atoms with Gasteiger partial charge in [0.2, 0.25) is 0 Å². The van der Waals surface area contributed by atoms with E-state index in [1.807, 2.05) is 20.8 Å². The van der Waals surface area contributed by atoms with Crippen molar-refractivity contribution in [3.05, 3.63) is 0 Å². The zero-order valence-electron chi connectivity index (χ0n) is 15.5. The van der Waals surface area contributed by atoms with Gasteiger partial charge in [0.25, 0.3) is 0 Å². The Bertz CT molecular complexity index is 402. The third-order valence-corrected chi connectivity index (χ3v) is 3.86. The fraction of sp³-hybridized carbons (Fsp3) is 0.905. The van der Waals surface area contributed by atoms with Crippen LogP contribution in [0.5, 0.6) is 0 Å². The van der Waals surface area contributed by atoms with E-state index in [1.54, 1.807) is 0 Å². The Kier molecular flexibility index (Phi) is 23.8. The largest absolute Gasteiger partial charge is 0.508 e. The van der Waals surface area contributed by atoms with Crippen molar-refractivity contribution in [3.63, 3.8) is 0 Å². The zero-order chi connectivity index (χ0) is 18.7. The van der Waals surface area contributed by atoms with Gasteiger partial charge in [0, 0.05) is 6.42 Å².